The van der Waals surface area contributed by atoms with Gasteiger partial charge >= 0.3 is 0 Å². The molecule has 108 valence electrons. The molecular weight excluding hydrogens is 312 g/mol. The second-order valence-electron chi connectivity index (χ2n) is 4.47. The quantitative estimate of drug-likeness (QED) is 0.852. The zero-order valence-corrected chi connectivity index (χ0v) is 12.8. The molecule has 0 fully saturated rings. The van der Waals surface area contributed by atoms with Gasteiger partial charge in [0.05, 0.1) is 16.5 Å². The number of anilines is 1. The van der Waals surface area contributed by atoms with Crippen molar-refractivity contribution in [2.45, 2.75) is 18.7 Å². The smallest absolute Gasteiger partial charge is 0.239 e. The van der Waals surface area contributed by atoms with E-state index in [4.69, 9.17) is 16.7 Å². The lowest BCUT2D eigenvalue weighted by atomic mass is 10.3. The lowest BCUT2D eigenvalue weighted by Crippen LogP contribution is -2.20. The second-order valence-corrected chi connectivity index (χ2v) is 8.17. The van der Waals surface area contributed by atoms with Crippen LogP contribution in [0.3, 0.4) is 0 Å². The fourth-order valence-electron chi connectivity index (χ4n) is 1.46. The average Bonchev–Trinajstić information content (AvgIpc) is 2.11. The van der Waals surface area contributed by atoms with Crippen LogP contribution >= 0.6 is 11.6 Å². The molecule has 1 aromatic rings. The fourth-order valence-corrected chi connectivity index (χ4v) is 3.99. The number of nitrogens with one attached hydrogen (secondary N) is 1. The van der Waals surface area contributed by atoms with E-state index in [1.54, 1.807) is 13.8 Å². The van der Waals surface area contributed by atoms with Crippen LogP contribution in [0.5, 0.6) is 0 Å². The summed E-state index contributed by atoms with van der Waals surface area (Å²) >= 11 is 5.75. The topological polar surface area (TPSA) is 106 Å². The van der Waals surface area contributed by atoms with E-state index in [1.165, 1.54) is 12.1 Å². The largest absolute Gasteiger partial charge is 0.283 e. The highest BCUT2D eigenvalue weighted by molar-refractivity contribution is 7.92. The SMILES string of the molecule is CC(C)CS(=O)(=O)Nc1ccc(S(N)(=O)=O)c(Cl)c1. The van der Waals surface area contributed by atoms with Crippen molar-refractivity contribution in [1.29, 1.82) is 0 Å². The normalized spacial score (nSPS) is 12.7. The van der Waals surface area contributed by atoms with Gasteiger partial charge in [-0.1, -0.05) is 25.4 Å². The van der Waals surface area contributed by atoms with E-state index in [1.807, 2.05) is 0 Å². The summed E-state index contributed by atoms with van der Waals surface area (Å²) in [7, 11) is -7.41. The van der Waals surface area contributed by atoms with Gasteiger partial charge in [-0.05, 0) is 24.1 Å². The minimum Gasteiger partial charge on any atom is -0.283 e. The first-order valence-electron chi connectivity index (χ1n) is 5.34. The highest BCUT2D eigenvalue weighted by atomic mass is 35.5. The van der Waals surface area contributed by atoms with Crippen LogP contribution in [0.15, 0.2) is 23.1 Å². The third-order valence-electron chi connectivity index (χ3n) is 2.06. The minimum atomic E-state index is -3.92. The molecule has 0 unspecified atom stereocenters. The Labute approximate surface area is 118 Å². The van der Waals surface area contributed by atoms with Crippen molar-refractivity contribution in [1.82, 2.24) is 0 Å². The van der Waals surface area contributed by atoms with E-state index >= 15 is 0 Å². The number of sulfonamides is 2. The molecule has 0 aromatic heterocycles. The van der Waals surface area contributed by atoms with Crippen molar-refractivity contribution >= 4 is 37.3 Å². The van der Waals surface area contributed by atoms with Crippen LogP contribution in [0.1, 0.15) is 13.8 Å². The molecule has 1 aromatic carbocycles. The highest BCUT2D eigenvalue weighted by Crippen LogP contribution is 2.24. The first-order valence-corrected chi connectivity index (χ1v) is 8.92. The van der Waals surface area contributed by atoms with E-state index < -0.39 is 20.0 Å². The van der Waals surface area contributed by atoms with E-state index in [-0.39, 0.29) is 27.3 Å². The summed E-state index contributed by atoms with van der Waals surface area (Å²) in [5.74, 6) is -0.0710. The maximum absolute atomic E-state index is 11.7. The molecule has 1 rings (SSSR count). The Hall–Kier alpha value is -0.830. The van der Waals surface area contributed by atoms with Gasteiger partial charge in [0.25, 0.3) is 0 Å². The number of primary sulfonamides is 1. The summed E-state index contributed by atoms with van der Waals surface area (Å²) in [5.41, 5.74) is 0.193. The molecule has 3 N–H and O–H groups in total. The van der Waals surface area contributed by atoms with Gasteiger partial charge in [0.15, 0.2) is 0 Å². The summed E-state index contributed by atoms with van der Waals surface area (Å²) < 4.78 is 48.0. The summed E-state index contributed by atoms with van der Waals surface area (Å²) in [5, 5.41) is 4.82. The van der Waals surface area contributed by atoms with Gasteiger partial charge < -0.3 is 0 Å². The van der Waals surface area contributed by atoms with Gasteiger partial charge in [-0.2, -0.15) is 0 Å². The molecule has 0 aliphatic carbocycles. The average molecular weight is 327 g/mol. The molecule has 0 heterocycles. The Kier molecular flexibility index (Phi) is 4.83. The Morgan fingerprint density at radius 2 is 1.84 bits per heavy atom. The Morgan fingerprint density at radius 1 is 1.26 bits per heavy atom. The van der Waals surface area contributed by atoms with Gasteiger partial charge in [-0.15, -0.1) is 0 Å². The van der Waals surface area contributed by atoms with E-state index in [2.05, 4.69) is 4.72 Å². The lowest BCUT2D eigenvalue weighted by molar-refractivity contribution is 0.587. The summed E-state index contributed by atoms with van der Waals surface area (Å²) in [4.78, 5) is -0.249. The molecule has 0 amide bonds. The first kappa shape index (κ1) is 16.2. The van der Waals surface area contributed by atoms with E-state index in [0.717, 1.165) is 6.07 Å². The van der Waals surface area contributed by atoms with Crippen LogP contribution in [-0.2, 0) is 20.0 Å². The van der Waals surface area contributed by atoms with Crippen molar-refractivity contribution in [3.05, 3.63) is 23.2 Å². The maximum atomic E-state index is 11.7. The summed E-state index contributed by atoms with van der Waals surface area (Å²) in [6, 6.07) is 3.66. The Balaban J connectivity index is 3.04. The van der Waals surface area contributed by atoms with Crippen molar-refractivity contribution < 1.29 is 16.8 Å². The van der Waals surface area contributed by atoms with Crippen LogP contribution in [0.4, 0.5) is 5.69 Å². The van der Waals surface area contributed by atoms with Crippen molar-refractivity contribution in [2.75, 3.05) is 10.5 Å². The second kappa shape index (κ2) is 5.66. The zero-order chi connectivity index (χ0) is 14.8. The van der Waals surface area contributed by atoms with Crippen LogP contribution in [-0.4, -0.2) is 22.6 Å². The van der Waals surface area contributed by atoms with Gasteiger partial charge in [-0.25, -0.2) is 22.0 Å². The predicted molar refractivity (Wildman–Crippen MR) is 75.1 cm³/mol. The molecule has 0 aliphatic rings. The predicted octanol–water partition coefficient (Wildman–Crippen LogP) is 1.39. The van der Waals surface area contributed by atoms with Crippen LogP contribution in [0.25, 0.3) is 0 Å². The van der Waals surface area contributed by atoms with E-state index in [0.29, 0.717) is 0 Å². The number of nitrogens with two attached hydrogens (primary N) is 1. The summed E-state index contributed by atoms with van der Waals surface area (Å²) in [6.07, 6.45) is 0. The van der Waals surface area contributed by atoms with Crippen LogP contribution < -0.4 is 9.86 Å². The molecule has 0 aliphatic heterocycles. The molecule has 9 heteroatoms. The Bertz CT molecular complexity index is 669. The van der Waals surface area contributed by atoms with Crippen molar-refractivity contribution in [2.24, 2.45) is 11.1 Å². The maximum Gasteiger partial charge on any atom is 0.239 e. The number of hydrogen-bond acceptors (Lipinski definition) is 4. The van der Waals surface area contributed by atoms with Crippen molar-refractivity contribution in [3.8, 4) is 0 Å². The minimum absolute atomic E-state index is 0.0309. The van der Waals surface area contributed by atoms with E-state index in [9.17, 15) is 16.8 Å². The molecule has 0 saturated carbocycles. The van der Waals surface area contributed by atoms with Gasteiger partial charge in [0.1, 0.15) is 4.90 Å². The molecule has 0 atom stereocenters. The fraction of sp³-hybridized carbons (Fsp3) is 0.400. The monoisotopic (exact) mass is 326 g/mol. The molecule has 19 heavy (non-hydrogen) atoms. The molecule has 0 bridgehead atoms. The van der Waals surface area contributed by atoms with Gasteiger partial charge in [-0.3, -0.25) is 4.72 Å². The Morgan fingerprint density at radius 3 is 2.26 bits per heavy atom. The first-order chi connectivity index (χ1) is 8.51. The number of benzene rings is 1. The highest BCUT2D eigenvalue weighted by Gasteiger charge is 2.16. The lowest BCUT2D eigenvalue weighted by Gasteiger charge is -2.11. The van der Waals surface area contributed by atoms with Crippen LogP contribution in [0, 0.1) is 5.92 Å². The molecule has 0 spiro atoms. The zero-order valence-electron chi connectivity index (χ0n) is 10.4. The third-order valence-corrected chi connectivity index (χ3v) is 5.11. The van der Waals surface area contributed by atoms with Gasteiger partial charge in [0, 0.05) is 0 Å². The molecule has 0 radical (unpaired) electrons. The number of rotatable bonds is 5. The van der Waals surface area contributed by atoms with Gasteiger partial charge in [0.2, 0.25) is 20.0 Å². The molecular formula is C10H15ClN2O4S2. The summed E-state index contributed by atoms with van der Waals surface area (Å²) in [6.45, 7) is 3.55. The molecule has 0 saturated heterocycles. The van der Waals surface area contributed by atoms with Crippen LogP contribution in [0.2, 0.25) is 5.02 Å². The standard InChI is InChI=1S/C10H15ClN2O4S2/c1-7(2)6-18(14,15)13-8-3-4-10(9(11)5-8)19(12,16)17/h3-5,7,13H,6H2,1-2H3,(H2,12,16,17). The number of hydrogen-bond donors (Lipinski definition) is 2. The van der Waals surface area contributed by atoms with Crippen molar-refractivity contribution in [3.63, 3.8) is 0 Å². The third kappa shape index (κ3) is 4.98. The number of halogens is 1. The molecule has 6 nitrogen and oxygen atoms in total.